The smallest absolute Gasteiger partial charge is 0.426 e. The van der Waals surface area contributed by atoms with Crippen molar-refractivity contribution in [2.24, 2.45) is 5.16 Å². The first kappa shape index (κ1) is 12.4. The Labute approximate surface area is 120 Å². The number of hydrogen-bond acceptors (Lipinski definition) is 3. The SMILES string of the molecule is Brc1ccc(B2OCC(c3ccccc3)=NO2)cc1. The van der Waals surface area contributed by atoms with Gasteiger partial charge >= 0.3 is 7.12 Å². The Hall–Kier alpha value is -1.59. The predicted molar refractivity (Wildman–Crippen MR) is 79.5 cm³/mol. The highest BCUT2D eigenvalue weighted by Crippen LogP contribution is 2.10. The molecular formula is C14H11BBrNO2. The van der Waals surface area contributed by atoms with Crippen molar-refractivity contribution >= 4 is 34.2 Å². The summed E-state index contributed by atoms with van der Waals surface area (Å²) in [5, 5.41) is 4.16. The summed E-state index contributed by atoms with van der Waals surface area (Å²) in [5.74, 6) is 0. The monoisotopic (exact) mass is 315 g/mol. The van der Waals surface area contributed by atoms with Crippen LogP contribution < -0.4 is 5.46 Å². The summed E-state index contributed by atoms with van der Waals surface area (Å²) in [7, 11) is -0.430. The van der Waals surface area contributed by atoms with Gasteiger partial charge in [-0.25, -0.2) is 0 Å². The molecule has 19 heavy (non-hydrogen) atoms. The topological polar surface area (TPSA) is 30.8 Å². The lowest BCUT2D eigenvalue weighted by molar-refractivity contribution is 0.214. The minimum Gasteiger partial charge on any atom is -0.426 e. The molecule has 0 aliphatic carbocycles. The molecule has 0 saturated heterocycles. The van der Waals surface area contributed by atoms with Crippen molar-refractivity contribution in [1.82, 2.24) is 0 Å². The van der Waals surface area contributed by atoms with Gasteiger partial charge in [0.2, 0.25) is 0 Å². The van der Waals surface area contributed by atoms with E-state index in [4.69, 9.17) is 9.41 Å². The Kier molecular flexibility index (Phi) is 3.66. The Balaban J connectivity index is 1.75. The maximum Gasteiger partial charge on any atom is 0.585 e. The number of hydrogen-bond donors (Lipinski definition) is 0. The fourth-order valence-corrected chi connectivity index (χ4v) is 2.13. The van der Waals surface area contributed by atoms with Crippen LogP contribution in [0.3, 0.4) is 0 Å². The molecule has 0 saturated carbocycles. The molecule has 2 aromatic carbocycles. The van der Waals surface area contributed by atoms with E-state index in [1.54, 1.807) is 0 Å². The largest absolute Gasteiger partial charge is 0.585 e. The first-order chi connectivity index (χ1) is 9.33. The zero-order chi connectivity index (χ0) is 13.1. The second-order valence-corrected chi connectivity index (χ2v) is 5.12. The lowest BCUT2D eigenvalue weighted by atomic mass is 9.79. The molecule has 1 aliphatic rings. The molecule has 0 bridgehead atoms. The highest BCUT2D eigenvalue weighted by Gasteiger charge is 2.28. The summed E-state index contributed by atoms with van der Waals surface area (Å²) in [6, 6.07) is 17.7. The molecule has 5 heteroatoms. The van der Waals surface area contributed by atoms with E-state index >= 15 is 0 Å². The molecule has 0 fully saturated rings. The Bertz CT molecular complexity index is 586. The molecule has 1 heterocycles. The van der Waals surface area contributed by atoms with E-state index in [0.717, 1.165) is 21.2 Å². The van der Waals surface area contributed by atoms with Gasteiger partial charge in [0, 0.05) is 10.0 Å². The van der Waals surface area contributed by atoms with E-state index in [1.807, 2.05) is 54.6 Å². The Morgan fingerprint density at radius 1 is 1.00 bits per heavy atom. The van der Waals surface area contributed by atoms with Crippen LogP contribution >= 0.6 is 15.9 Å². The van der Waals surface area contributed by atoms with E-state index in [0.29, 0.717) is 6.61 Å². The zero-order valence-electron chi connectivity index (χ0n) is 10.1. The lowest BCUT2D eigenvalue weighted by Crippen LogP contribution is -2.40. The van der Waals surface area contributed by atoms with E-state index in [2.05, 4.69) is 21.1 Å². The van der Waals surface area contributed by atoms with Crippen LogP contribution in [0, 0.1) is 0 Å². The molecule has 0 atom stereocenters. The number of nitrogens with zero attached hydrogens (tertiary/aromatic N) is 1. The summed E-state index contributed by atoms with van der Waals surface area (Å²) >= 11 is 3.40. The van der Waals surface area contributed by atoms with Crippen molar-refractivity contribution in [2.45, 2.75) is 0 Å². The first-order valence-corrected chi connectivity index (χ1v) is 6.77. The van der Waals surface area contributed by atoms with E-state index < -0.39 is 7.12 Å². The quantitative estimate of drug-likeness (QED) is 0.798. The van der Waals surface area contributed by atoms with Crippen LogP contribution in [-0.4, -0.2) is 19.4 Å². The van der Waals surface area contributed by atoms with Gasteiger partial charge in [0.05, 0.1) is 6.61 Å². The number of benzene rings is 2. The lowest BCUT2D eigenvalue weighted by Gasteiger charge is -2.19. The van der Waals surface area contributed by atoms with Crippen LogP contribution in [-0.2, 0) is 9.41 Å². The Morgan fingerprint density at radius 2 is 1.74 bits per heavy atom. The molecule has 3 nitrogen and oxygen atoms in total. The summed E-state index contributed by atoms with van der Waals surface area (Å²) < 4.78 is 12.2. The molecule has 0 radical (unpaired) electrons. The van der Waals surface area contributed by atoms with E-state index in [-0.39, 0.29) is 0 Å². The minimum atomic E-state index is -0.430. The first-order valence-electron chi connectivity index (χ1n) is 5.98. The molecule has 94 valence electrons. The van der Waals surface area contributed by atoms with Crippen LogP contribution in [0.15, 0.2) is 64.2 Å². The van der Waals surface area contributed by atoms with Crippen molar-refractivity contribution < 1.29 is 9.41 Å². The molecule has 3 rings (SSSR count). The van der Waals surface area contributed by atoms with Crippen LogP contribution in [0.5, 0.6) is 0 Å². The van der Waals surface area contributed by atoms with Crippen LogP contribution in [0.1, 0.15) is 5.56 Å². The number of halogens is 1. The van der Waals surface area contributed by atoms with Gasteiger partial charge in [0.15, 0.2) is 0 Å². The van der Waals surface area contributed by atoms with Crippen LogP contribution in [0.4, 0.5) is 0 Å². The number of rotatable bonds is 2. The van der Waals surface area contributed by atoms with Crippen molar-refractivity contribution in [3.63, 3.8) is 0 Å². The van der Waals surface area contributed by atoms with Gasteiger partial charge in [-0.1, -0.05) is 58.4 Å². The van der Waals surface area contributed by atoms with Gasteiger partial charge in [0.1, 0.15) is 5.71 Å². The predicted octanol–water partition coefficient (Wildman–Crippen LogP) is 2.60. The summed E-state index contributed by atoms with van der Waals surface area (Å²) in [5.41, 5.74) is 2.80. The van der Waals surface area contributed by atoms with Gasteiger partial charge < -0.3 is 9.41 Å². The normalized spacial score (nSPS) is 14.8. The molecule has 1 aliphatic heterocycles. The Morgan fingerprint density at radius 3 is 2.37 bits per heavy atom. The van der Waals surface area contributed by atoms with Gasteiger partial charge in [-0.2, -0.15) is 0 Å². The summed E-state index contributed by atoms with van der Waals surface area (Å²) in [6.07, 6.45) is 0. The van der Waals surface area contributed by atoms with E-state index in [9.17, 15) is 0 Å². The van der Waals surface area contributed by atoms with Crippen LogP contribution in [0.2, 0.25) is 0 Å². The van der Waals surface area contributed by atoms with Crippen molar-refractivity contribution in [3.05, 3.63) is 64.6 Å². The van der Waals surface area contributed by atoms with Gasteiger partial charge in [-0.15, -0.1) is 5.16 Å². The molecule has 0 N–H and O–H groups in total. The summed E-state index contributed by atoms with van der Waals surface area (Å²) in [6.45, 7) is 0.449. The third kappa shape index (κ3) is 2.88. The van der Waals surface area contributed by atoms with Gasteiger partial charge in [-0.05, 0) is 17.6 Å². The average Bonchev–Trinajstić information content (AvgIpc) is 2.49. The standard InChI is InChI=1S/C14H11BBrNO2/c16-13-8-6-12(7-9-13)15-18-10-14(17-19-15)11-4-2-1-3-5-11/h1-9H,10H2. The summed E-state index contributed by atoms with van der Waals surface area (Å²) in [4.78, 5) is 0. The third-order valence-corrected chi connectivity index (χ3v) is 3.41. The maximum atomic E-state index is 5.70. The van der Waals surface area contributed by atoms with Crippen LogP contribution in [0.25, 0.3) is 0 Å². The average molecular weight is 316 g/mol. The molecule has 2 aromatic rings. The maximum absolute atomic E-state index is 5.70. The van der Waals surface area contributed by atoms with E-state index in [1.165, 1.54) is 0 Å². The highest BCUT2D eigenvalue weighted by molar-refractivity contribution is 9.10. The number of oxime groups is 1. The third-order valence-electron chi connectivity index (χ3n) is 2.88. The fourth-order valence-electron chi connectivity index (χ4n) is 1.87. The minimum absolute atomic E-state index is 0.430. The fraction of sp³-hybridized carbons (Fsp3) is 0.0714. The second-order valence-electron chi connectivity index (χ2n) is 4.20. The van der Waals surface area contributed by atoms with Crippen molar-refractivity contribution in [1.29, 1.82) is 0 Å². The molecule has 0 unspecified atom stereocenters. The van der Waals surface area contributed by atoms with Crippen molar-refractivity contribution in [3.8, 4) is 0 Å². The van der Waals surface area contributed by atoms with Gasteiger partial charge in [0.25, 0.3) is 0 Å². The molecule has 0 amide bonds. The zero-order valence-corrected chi connectivity index (χ0v) is 11.7. The molecule has 0 spiro atoms. The second kappa shape index (κ2) is 5.59. The molecular weight excluding hydrogens is 305 g/mol. The molecule has 0 aromatic heterocycles. The highest BCUT2D eigenvalue weighted by atomic mass is 79.9. The van der Waals surface area contributed by atoms with Crippen molar-refractivity contribution in [2.75, 3.05) is 6.61 Å². The van der Waals surface area contributed by atoms with Gasteiger partial charge in [-0.3, -0.25) is 0 Å².